The molecule has 2 heterocycles. The topological polar surface area (TPSA) is 114 Å². The van der Waals surface area contributed by atoms with Crippen molar-refractivity contribution in [3.8, 4) is 0 Å². The number of anilines is 1. The second-order valence-electron chi connectivity index (χ2n) is 9.33. The van der Waals surface area contributed by atoms with Gasteiger partial charge in [0.1, 0.15) is 5.54 Å². The molecular formula is C26H27N3O4. The molecule has 1 aliphatic heterocycles. The van der Waals surface area contributed by atoms with Gasteiger partial charge in [-0.2, -0.15) is 0 Å². The van der Waals surface area contributed by atoms with Gasteiger partial charge < -0.3 is 20.7 Å². The minimum Gasteiger partial charge on any atom is -0.480 e. The number of nitrogens with two attached hydrogens (primary N) is 1. The minimum absolute atomic E-state index is 0.0125. The van der Waals surface area contributed by atoms with Gasteiger partial charge in [0, 0.05) is 42.0 Å². The molecule has 7 nitrogen and oxygen atoms in total. The molecule has 0 saturated heterocycles. The smallest absolute Gasteiger partial charge is 0.324 e. The second-order valence-corrected chi connectivity index (χ2v) is 9.33. The van der Waals surface area contributed by atoms with Crippen LogP contribution in [-0.2, 0) is 16.6 Å². The number of nitrogens with one attached hydrogen (secondary N) is 1. The van der Waals surface area contributed by atoms with Crippen LogP contribution in [0.15, 0.2) is 54.6 Å². The van der Waals surface area contributed by atoms with Crippen molar-refractivity contribution in [1.29, 1.82) is 0 Å². The van der Waals surface area contributed by atoms with Gasteiger partial charge in [0.25, 0.3) is 0 Å². The number of ketones is 2. The number of aryl methyl sites for hydroxylation is 1. The quantitative estimate of drug-likeness (QED) is 0.395. The highest BCUT2D eigenvalue weighted by Crippen LogP contribution is 2.50. The molecule has 4 unspecified atom stereocenters. The number of hydrogen-bond donors (Lipinski definition) is 3. The van der Waals surface area contributed by atoms with Gasteiger partial charge in [-0.15, -0.1) is 0 Å². The fraction of sp³-hybridized carbons (Fsp3) is 0.346. The largest absolute Gasteiger partial charge is 0.480 e. The van der Waals surface area contributed by atoms with Gasteiger partial charge in [-0.3, -0.25) is 14.4 Å². The van der Waals surface area contributed by atoms with Crippen molar-refractivity contribution < 1.29 is 19.5 Å². The van der Waals surface area contributed by atoms with Crippen LogP contribution < -0.4 is 11.1 Å². The third kappa shape index (κ3) is 3.35. The molecule has 1 saturated carbocycles. The highest BCUT2D eigenvalue weighted by Gasteiger charge is 2.54. The SMILES string of the molecule is Cn1c(C(=O)C(=O)CC(N)(C(=O)O)C2c3ccccc3NC3CCCC32)cc2ccccc21. The summed E-state index contributed by atoms with van der Waals surface area (Å²) in [6, 6.07) is 16.8. The van der Waals surface area contributed by atoms with Crippen molar-refractivity contribution in [3.05, 3.63) is 65.9 Å². The summed E-state index contributed by atoms with van der Waals surface area (Å²) < 4.78 is 1.67. The number of aliphatic carboxylic acids is 1. The van der Waals surface area contributed by atoms with E-state index < -0.39 is 35.4 Å². The van der Waals surface area contributed by atoms with Crippen LogP contribution >= 0.6 is 0 Å². The molecule has 0 amide bonds. The van der Waals surface area contributed by atoms with E-state index in [1.165, 1.54) is 0 Å². The van der Waals surface area contributed by atoms with E-state index in [2.05, 4.69) is 5.32 Å². The summed E-state index contributed by atoms with van der Waals surface area (Å²) in [6.45, 7) is 0. The predicted molar refractivity (Wildman–Crippen MR) is 125 cm³/mol. The first-order valence-electron chi connectivity index (χ1n) is 11.3. The van der Waals surface area contributed by atoms with E-state index in [1.807, 2.05) is 48.5 Å². The first kappa shape index (κ1) is 21.4. The third-order valence-corrected chi connectivity index (χ3v) is 7.48. The van der Waals surface area contributed by atoms with Crippen LogP contribution in [0.25, 0.3) is 10.9 Å². The van der Waals surface area contributed by atoms with E-state index in [0.717, 1.165) is 41.4 Å². The molecule has 1 aromatic heterocycles. The van der Waals surface area contributed by atoms with Crippen molar-refractivity contribution in [1.82, 2.24) is 4.57 Å². The number of hydrogen-bond acceptors (Lipinski definition) is 5. The summed E-state index contributed by atoms with van der Waals surface area (Å²) in [5.41, 5.74) is 7.44. The number of carboxylic acid groups (broad SMARTS) is 1. The monoisotopic (exact) mass is 445 g/mol. The molecule has 1 aliphatic carbocycles. The first-order chi connectivity index (χ1) is 15.8. The van der Waals surface area contributed by atoms with E-state index >= 15 is 0 Å². The number of nitrogens with zero attached hydrogens (tertiary/aromatic N) is 1. The van der Waals surface area contributed by atoms with E-state index in [9.17, 15) is 19.5 Å². The van der Waals surface area contributed by atoms with Crippen molar-refractivity contribution in [2.24, 2.45) is 18.7 Å². The van der Waals surface area contributed by atoms with Crippen molar-refractivity contribution >= 4 is 34.1 Å². The zero-order chi connectivity index (χ0) is 23.3. The van der Waals surface area contributed by atoms with Gasteiger partial charge in [0.2, 0.25) is 11.6 Å². The number of carbonyl (C=O) groups excluding carboxylic acids is 2. The van der Waals surface area contributed by atoms with Crippen LogP contribution in [0.3, 0.4) is 0 Å². The van der Waals surface area contributed by atoms with E-state index in [0.29, 0.717) is 0 Å². The molecule has 7 heteroatoms. The van der Waals surface area contributed by atoms with Crippen LogP contribution in [0.1, 0.15) is 47.7 Å². The summed E-state index contributed by atoms with van der Waals surface area (Å²) in [5, 5.41) is 14.6. The lowest BCUT2D eigenvalue weighted by Crippen LogP contribution is -2.59. The minimum atomic E-state index is -1.89. The number of fused-ring (bicyclic) bond motifs is 3. The Balaban J connectivity index is 1.52. The number of Topliss-reactive ketones (excluding diaryl/α,β-unsaturated/α-hetero) is 2. The van der Waals surface area contributed by atoms with Crippen LogP contribution in [0, 0.1) is 5.92 Å². The Hall–Kier alpha value is -3.45. The van der Waals surface area contributed by atoms with Gasteiger partial charge in [-0.05, 0) is 42.5 Å². The zero-order valence-electron chi connectivity index (χ0n) is 18.5. The Bertz CT molecular complexity index is 1280. The van der Waals surface area contributed by atoms with E-state index in [4.69, 9.17) is 5.73 Å². The van der Waals surface area contributed by atoms with Gasteiger partial charge in [0.15, 0.2) is 0 Å². The number of carbonyl (C=O) groups is 3. The van der Waals surface area contributed by atoms with Crippen LogP contribution in [0.2, 0.25) is 0 Å². The first-order valence-corrected chi connectivity index (χ1v) is 11.3. The Morgan fingerprint density at radius 3 is 2.61 bits per heavy atom. The molecule has 5 rings (SSSR count). The Morgan fingerprint density at radius 2 is 1.85 bits per heavy atom. The molecule has 3 aromatic rings. The van der Waals surface area contributed by atoms with Gasteiger partial charge >= 0.3 is 5.97 Å². The normalized spacial score (nSPS) is 23.3. The maximum Gasteiger partial charge on any atom is 0.324 e. The fourth-order valence-electron chi connectivity index (χ4n) is 5.87. The average Bonchev–Trinajstić information content (AvgIpc) is 3.40. The molecule has 2 aliphatic rings. The fourth-order valence-corrected chi connectivity index (χ4v) is 5.87. The zero-order valence-corrected chi connectivity index (χ0v) is 18.5. The Labute approximate surface area is 191 Å². The lowest BCUT2D eigenvalue weighted by molar-refractivity contribution is -0.146. The predicted octanol–water partition coefficient (Wildman–Crippen LogP) is 3.48. The van der Waals surface area contributed by atoms with Crippen molar-refractivity contribution in [3.63, 3.8) is 0 Å². The molecule has 33 heavy (non-hydrogen) atoms. The van der Waals surface area contributed by atoms with Crippen LogP contribution in [0.4, 0.5) is 5.69 Å². The molecule has 0 bridgehead atoms. The third-order valence-electron chi connectivity index (χ3n) is 7.48. The molecule has 0 spiro atoms. The van der Waals surface area contributed by atoms with Gasteiger partial charge in [0.05, 0.1) is 5.69 Å². The molecule has 2 aromatic carbocycles. The van der Waals surface area contributed by atoms with Crippen LogP contribution in [-0.4, -0.2) is 38.8 Å². The average molecular weight is 446 g/mol. The van der Waals surface area contributed by atoms with Gasteiger partial charge in [-0.1, -0.05) is 42.8 Å². The Morgan fingerprint density at radius 1 is 1.12 bits per heavy atom. The van der Waals surface area contributed by atoms with Crippen LogP contribution in [0.5, 0.6) is 0 Å². The highest BCUT2D eigenvalue weighted by molar-refractivity contribution is 6.44. The molecular weight excluding hydrogens is 418 g/mol. The summed E-state index contributed by atoms with van der Waals surface area (Å²) in [4.78, 5) is 39.0. The number of carboxylic acids is 1. The number of benzene rings is 2. The molecule has 0 radical (unpaired) electrons. The highest BCUT2D eigenvalue weighted by atomic mass is 16.4. The van der Waals surface area contributed by atoms with E-state index in [1.54, 1.807) is 17.7 Å². The molecule has 4 N–H and O–H groups in total. The number of para-hydroxylation sites is 2. The van der Waals surface area contributed by atoms with Gasteiger partial charge in [-0.25, -0.2) is 0 Å². The van der Waals surface area contributed by atoms with Crippen molar-refractivity contribution in [2.45, 2.75) is 43.2 Å². The maximum atomic E-state index is 13.2. The standard InChI is InChI=1S/C26H27N3O4/c1-29-20-12-5-2-7-15(20)13-21(29)24(31)22(30)14-26(27,25(32)33)23-16-8-3-4-10-18(16)28-19-11-6-9-17(19)23/h2-5,7-8,10,12-13,17,19,23,28H,6,9,11,14,27H2,1H3,(H,32,33). The summed E-state index contributed by atoms with van der Waals surface area (Å²) >= 11 is 0. The maximum absolute atomic E-state index is 13.2. The lowest BCUT2D eigenvalue weighted by atomic mass is 9.66. The van der Waals surface area contributed by atoms with Crippen molar-refractivity contribution in [2.75, 3.05) is 5.32 Å². The summed E-state index contributed by atoms with van der Waals surface area (Å²) in [6.07, 6.45) is 2.17. The lowest BCUT2D eigenvalue weighted by Gasteiger charge is -2.44. The molecule has 170 valence electrons. The molecule has 4 atom stereocenters. The Kier molecular flexibility index (Phi) is 5.09. The number of rotatable bonds is 6. The molecule has 1 fully saturated rings. The summed E-state index contributed by atoms with van der Waals surface area (Å²) in [7, 11) is 1.72. The summed E-state index contributed by atoms with van der Waals surface area (Å²) in [5.74, 6) is -3.33. The number of aromatic nitrogens is 1. The van der Waals surface area contributed by atoms with E-state index in [-0.39, 0.29) is 17.7 Å². The second kappa shape index (κ2) is 7.85.